The summed E-state index contributed by atoms with van der Waals surface area (Å²) in [5, 5.41) is 5.92. The lowest BCUT2D eigenvalue weighted by atomic mass is 10.1. The molecule has 0 saturated carbocycles. The van der Waals surface area contributed by atoms with Crippen LogP contribution in [0.25, 0.3) is 0 Å². The third-order valence-electron chi connectivity index (χ3n) is 5.03. The largest absolute Gasteiger partial charge is 0.348 e. The van der Waals surface area contributed by atoms with Crippen LogP contribution in [0, 0.1) is 0 Å². The highest BCUT2D eigenvalue weighted by molar-refractivity contribution is 5.97. The number of hydrogen-bond donors (Lipinski definition) is 2. The first-order valence-corrected chi connectivity index (χ1v) is 9.85. The molecule has 0 radical (unpaired) electrons. The number of nitrogens with one attached hydrogen (secondary N) is 2. The van der Waals surface area contributed by atoms with Gasteiger partial charge in [0.2, 0.25) is 0 Å². The second kappa shape index (κ2) is 9.01. The minimum Gasteiger partial charge on any atom is -0.348 e. The van der Waals surface area contributed by atoms with Crippen LogP contribution in [0.3, 0.4) is 0 Å². The Labute approximate surface area is 166 Å². The highest BCUT2D eigenvalue weighted by Gasteiger charge is 2.28. The average Bonchev–Trinajstić information content (AvgIpc) is 3.08. The number of nitrogens with zero attached hydrogens (tertiary/aromatic N) is 3. The molecule has 1 unspecified atom stereocenters. The summed E-state index contributed by atoms with van der Waals surface area (Å²) in [5.74, 6) is -0.111. The van der Waals surface area contributed by atoms with Crippen LogP contribution in [0.15, 0.2) is 30.3 Å². The van der Waals surface area contributed by atoms with Crippen molar-refractivity contribution in [2.24, 2.45) is 0 Å². The molecule has 0 spiro atoms. The summed E-state index contributed by atoms with van der Waals surface area (Å²) in [6.07, 6.45) is 2.76. The monoisotopic (exact) mass is 383 g/mol. The number of benzene rings is 1. The molecular formula is C21H29N5O2. The molecule has 2 heterocycles. The molecule has 0 fully saturated rings. The molecule has 7 nitrogen and oxygen atoms in total. The Kier molecular flexibility index (Phi) is 6.46. The Morgan fingerprint density at radius 2 is 1.93 bits per heavy atom. The van der Waals surface area contributed by atoms with E-state index in [0.29, 0.717) is 18.1 Å². The molecule has 1 aromatic heterocycles. The number of fused-ring (bicyclic) bond motifs is 1. The molecule has 1 aliphatic rings. The molecule has 0 aliphatic carbocycles. The van der Waals surface area contributed by atoms with Crippen molar-refractivity contribution < 1.29 is 9.59 Å². The zero-order valence-electron chi connectivity index (χ0n) is 16.9. The zero-order chi connectivity index (χ0) is 20.1. The minimum absolute atomic E-state index is 0.132. The number of likely N-dealkylation sites (N-methyl/N-ethyl adjacent to an activating group) is 1. The number of carbonyl (C=O) groups is 2. The number of rotatable bonds is 7. The van der Waals surface area contributed by atoms with Crippen molar-refractivity contribution in [1.29, 1.82) is 0 Å². The van der Waals surface area contributed by atoms with Gasteiger partial charge in [-0.25, -0.2) is 4.98 Å². The molecule has 150 valence electrons. The fourth-order valence-electron chi connectivity index (χ4n) is 3.46. The van der Waals surface area contributed by atoms with Crippen molar-refractivity contribution in [3.63, 3.8) is 0 Å². The number of hydrogen-bond acceptors (Lipinski definition) is 4. The Bertz CT molecular complexity index is 829. The molecule has 0 saturated heterocycles. The Balaban J connectivity index is 1.78. The van der Waals surface area contributed by atoms with E-state index in [9.17, 15) is 9.59 Å². The van der Waals surface area contributed by atoms with Crippen LogP contribution >= 0.6 is 0 Å². The van der Waals surface area contributed by atoms with E-state index in [1.54, 1.807) is 0 Å². The first kappa shape index (κ1) is 20.1. The second-order valence-electron chi connectivity index (χ2n) is 7.50. The SMILES string of the molecule is CC(NC(=O)c1nc(C(=O)NCCN(C)C)n2c1CCCC2)c1ccccc1. The molecule has 1 aliphatic heterocycles. The molecule has 1 atom stereocenters. The van der Waals surface area contributed by atoms with Crippen LogP contribution in [0.5, 0.6) is 0 Å². The van der Waals surface area contributed by atoms with Gasteiger partial charge in [-0.1, -0.05) is 30.3 Å². The lowest BCUT2D eigenvalue weighted by Crippen LogP contribution is -2.33. The molecule has 2 amide bonds. The molecule has 28 heavy (non-hydrogen) atoms. The molecule has 0 bridgehead atoms. The van der Waals surface area contributed by atoms with Gasteiger partial charge >= 0.3 is 0 Å². The van der Waals surface area contributed by atoms with Gasteiger partial charge < -0.3 is 20.1 Å². The van der Waals surface area contributed by atoms with Crippen molar-refractivity contribution in [2.75, 3.05) is 27.2 Å². The highest BCUT2D eigenvalue weighted by atomic mass is 16.2. The highest BCUT2D eigenvalue weighted by Crippen LogP contribution is 2.22. The predicted octanol–water partition coefficient (Wildman–Crippen LogP) is 2.00. The van der Waals surface area contributed by atoms with Gasteiger partial charge in [0.15, 0.2) is 5.82 Å². The van der Waals surface area contributed by atoms with E-state index in [0.717, 1.165) is 43.6 Å². The molecular weight excluding hydrogens is 354 g/mol. The van der Waals surface area contributed by atoms with E-state index >= 15 is 0 Å². The summed E-state index contributed by atoms with van der Waals surface area (Å²) in [5.41, 5.74) is 2.27. The smallest absolute Gasteiger partial charge is 0.287 e. The van der Waals surface area contributed by atoms with Crippen molar-refractivity contribution in [1.82, 2.24) is 25.1 Å². The van der Waals surface area contributed by atoms with Crippen molar-refractivity contribution in [3.05, 3.63) is 53.1 Å². The summed E-state index contributed by atoms with van der Waals surface area (Å²) >= 11 is 0. The first-order valence-electron chi connectivity index (χ1n) is 9.85. The molecule has 2 N–H and O–H groups in total. The number of amides is 2. The molecule has 1 aromatic carbocycles. The van der Waals surface area contributed by atoms with Gasteiger partial charge in [0, 0.05) is 19.6 Å². The van der Waals surface area contributed by atoms with Crippen LogP contribution in [0.1, 0.15) is 58.2 Å². The first-order chi connectivity index (χ1) is 13.5. The van der Waals surface area contributed by atoms with E-state index in [1.165, 1.54) is 0 Å². The Hall–Kier alpha value is -2.67. The third-order valence-corrected chi connectivity index (χ3v) is 5.03. The Morgan fingerprint density at radius 3 is 2.64 bits per heavy atom. The van der Waals surface area contributed by atoms with Crippen LogP contribution in [-0.4, -0.2) is 53.5 Å². The van der Waals surface area contributed by atoms with Gasteiger partial charge in [-0.15, -0.1) is 0 Å². The van der Waals surface area contributed by atoms with E-state index in [-0.39, 0.29) is 17.9 Å². The molecule has 7 heteroatoms. The second-order valence-corrected chi connectivity index (χ2v) is 7.50. The van der Waals surface area contributed by atoms with Gasteiger partial charge in [0.25, 0.3) is 11.8 Å². The van der Waals surface area contributed by atoms with E-state index < -0.39 is 0 Å². The standard InChI is InChI=1S/C21H29N5O2/c1-15(16-9-5-4-6-10-16)23-20(27)18-17-11-7-8-13-26(17)19(24-18)21(28)22-12-14-25(2)3/h4-6,9-10,15H,7-8,11-14H2,1-3H3,(H,22,28)(H,23,27). The Morgan fingerprint density at radius 1 is 1.18 bits per heavy atom. The van der Waals surface area contributed by atoms with Crippen molar-refractivity contribution in [3.8, 4) is 0 Å². The zero-order valence-corrected chi connectivity index (χ0v) is 16.9. The summed E-state index contributed by atoms with van der Waals surface area (Å²) in [7, 11) is 3.92. The lowest BCUT2D eigenvalue weighted by molar-refractivity contribution is 0.0933. The average molecular weight is 383 g/mol. The molecule has 2 aromatic rings. The topological polar surface area (TPSA) is 79.3 Å². The summed E-state index contributed by atoms with van der Waals surface area (Å²) in [6.45, 7) is 3.97. The quantitative estimate of drug-likeness (QED) is 0.767. The lowest BCUT2D eigenvalue weighted by Gasteiger charge is -2.18. The van der Waals surface area contributed by atoms with E-state index in [2.05, 4.69) is 15.6 Å². The van der Waals surface area contributed by atoms with Crippen molar-refractivity contribution in [2.45, 2.75) is 38.8 Å². The third kappa shape index (κ3) is 4.59. The summed E-state index contributed by atoms with van der Waals surface area (Å²) < 4.78 is 1.91. The van der Waals surface area contributed by atoms with Crippen LogP contribution < -0.4 is 10.6 Å². The van der Waals surface area contributed by atoms with Crippen LogP contribution in [-0.2, 0) is 13.0 Å². The van der Waals surface area contributed by atoms with Gasteiger partial charge in [-0.3, -0.25) is 9.59 Å². The van der Waals surface area contributed by atoms with Crippen LogP contribution in [0.2, 0.25) is 0 Å². The van der Waals surface area contributed by atoms with Crippen LogP contribution in [0.4, 0.5) is 0 Å². The van der Waals surface area contributed by atoms with Gasteiger partial charge in [-0.2, -0.15) is 0 Å². The minimum atomic E-state index is -0.227. The maximum Gasteiger partial charge on any atom is 0.287 e. The summed E-state index contributed by atoms with van der Waals surface area (Å²) in [6, 6.07) is 9.69. The maximum atomic E-state index is 12.9. The number of aromatic nitrogens is 2. The number of imidazole rings is 1. The van der Waals surface area contributed by atoms with Gasteiger partial charge in [-0.05, 0) is 45.8 Å². The van der Waals surface area contributed by atoms with Gasteiger partial charge in [0.1, 0.15) is 5.69 Å². The van der Waals surface area contributed by atoms with Crippen molar-refractivity contribution >= 4 is 11.8 Å². The summed E-state index contributed by atoms with van der Waals surface area (Å²) in [4.78, 5) is 32.0. The van der Waals surface area contributed by atoms with Gasteiger partial charge in [0.05, 0.1) is 11.7 Å². The maximum absolute atomic E-state index is 12.9. The fourth-order valence-corrected chi connectivity index (χ4v) is 3.46. The van der Waals surface area contributed by atoms with E-state index in [4.69, 9.17) is 0 Å². The number of carbonyl (C=O) groups excluding carboxylic acids is 2. The fraction of sp³-hybridized carbons (Fsp3) is 0.476. The normalized spacial score (nSPS) is 14.4. The van der Waals surface area contributed by atoms with E-state index in [1.807, 2.05) is 60.8 Å². The predicted molar refractivity (Wildman–Crippen MR) is 108 cm³/mol. The molecule has 3 rings (SSSR count).